The quantitative estimate of drug-likeness (QED) is 0.911. The lowest BCUT2D eigenvalue weighted by atomic mass is 9.93. The van der Waals surface area contributed by atoms with Crippen molar-refractivity contribution >= 4 is 11.6 Å². The normalized spacial score (nSPS) is 24.7. The number of ether oxygens (including phenoxy) is 1. The predicted molar refractivity (Wildman–Crippen MR) is 68.2 cm³/mol. The number of likely N-dealkylation sites (tertiary alicyclic amines) is 1. The highest BCUT2D eigenvalue weighted by atomic mass is 35.5. The number of hydrogen-bond acceptors (Lipinski definition) is 3. The molecular formula is C13H17ClFNO2. The highest BCUT2D eigenvalue weighted by Gasteiger charge is 2.37. The topological polar surface area (TPSA) is 32.7 Å². The second kappa shape index (κ2) is 5.53. The smallest absolute Gasteiger partial charge is 0.142 e. The summed E-state index contributed by atoms with van der Waals surface area (Å²) >= 11 is 5.65. The summed E-state index contributed by atoms with van der Waals surface area (Å²) in [5.41, 5.74) is -0.400. The van der Waals surface area contributed by atoms with Gasteiger partial charge in [-0.2, -0.15) is 0 Å². The van der Waals surface area contributed by atoms with Crippen LogP contribution in [0.1, 0.15) is 12.0 Å². The van der Waals surface area contributed by atoms with Gasteiger partial charge in [0.25, 0.3) is 0 Å². The fourth-order valence-corrected chi connectivity index (χ4v) is 2.42. The molecule has 100 valence electrons. The fraction of sp³-hybridized carbons (Fsp3) is 0.538. The van der Waals surface area contributed by atoms with Crippen LogP contribution in [0.3, 0.4) is 0 Å². The molecule has 2 rings (SSSR count). The van der Waals surface area contributed by atoms with Crippen LogP contribution >= 0.6 is 11.6 Å². The Bertz CT molecular complexity index is 429. The summed E-state index contributed by atoms with van der Waals surface area (Å²) in [7, 11) is 1.65. The second-order valence-electron chi connectivity index (χ2n) is 4.68. The maximum absolute atomic E-state index is 13.4. The van der Waals surface area contributed by atoms with Crippen LogP contribution in [-0.4, -0.2) is 43.4 Å². The molecule has 1 saturated heterocycles. The van der Waals surface area contributed by atoms with Gasteiger partial charge in [-0.3, -0.25) is 4.90 Å². The maximum Gasteiger partial charge on any atom is 0.142 e. The third kappa shape index (κ3) is 2.83. The van der Waals surface area contributed by atoms with E-state index in [9.17, 15) is 9.50 Å². The summed E-state index contributed by atoms with van der Waals surface area (Å²) in [4.78, 5) is 2.11. The zero-order valence-electron chi connectivity index (χ0n) is 10.3. The van der Waals surface area contributed by atoms with Gasteiger partial charge in [-0.25, -0.2) is 4.39 Å². The number of aliphatic hydroxyl groups is 1. The summed E-state index contributed by atoms with van der Waals surface area (Å²) in [6, 6.07) is 4.50. The summed E-state index contributed by atoms with van der Waals surface area (Å²) in [6.07, 6.45) is 0.595. The third-order valence-electron chi connectivity index (χ3n) is 3.40. The Morgan fingerprint density at radius 2 is 2.33 bits per heavy atom. The number of rotatable bonds is 4. The van der Waals surface area contributed by atoms with Gasteiger partial charge in [0, 0.05) is 26.7 Å². The molecule has 0 aromatic heterocycles. The monoisotopic (exact) mass is 273 g/mol. The van der Waals surface area contributed by atoms with Crippen molar-refractivity contribution in [3.8, 4) is 0 Å². The SMILES string of the molecule is COCCN1CCC(O)(c2ccc(Cl)c(F)c2)C1. The molecule has 5 heteroatoms. The molecule has 0 aliphatic carbocycles. The Kier molecular flexibility index (Phi) is 4.22. The fourth-order valence-electron chi connectivity index (χ4n) is 2.30. The van der Waals surface area contributed by atoms with Crippen molar-refractivity contribution in [1.82, 2.24) is 4.90 Å². The van der Waals surface area contributed by atoms with Gasteiger partial charge in [0.15, 0.2) is 0 Å². The van der Waals surface area contributed by atoms with E-state index in [-0.39, 0.29) is 5.02 Å². The molecular weight excluding hydrogens is 257 g/mol. The van der Waals surface area contributed by atoms with E-state index in [1.54, 1.807) is 13.2 Å². The van der Waals surface area contributed by atoms with E-state index in [1.807, 2.05) is 0 Å². The number of hydrogen-bond donors (Lipinski definition) is 1. The number of halogens is 2. The van der Waals surface area contributed by atoms with Crippen LogP contribution in [0, 0.1) is 5.82 Å². The van der Waals surface area contributed by atoms with Crippen molar-refractivity contribution in [3.63, 3.8) is 0 Å². The standard InChI is InChI=1S/C13H17ClFNO2/c1-18-7-6-16-5-4-13(17,9-16)10-2-3-11(14)12(15)8-10/h2-3,8,17H,4-7,9H2,1H3. The molecule has 0 saturated carbocycles. The van der Waals surface area contributed by atoms with Crippen LogP contribution in [-0.2, 0) is 10.3 Å². The molecule has 1 aliphatic heterocycles. The van der Waals surface area contributed by atoms with Crippen LogP contribution in [0.15, 0.2) is 18.2 Å². The Balaban J connectivity index is 2.10. The van der Waals surface area contributed by atoms with Gasteiger partial charge in [-0.1, -0.05) is 17.7 Å². The van der Waals surface area contributed by atoms with Crippen LogP contribution < -0.4 is 0 Å². The van der Waals surface area contributed by atoms with Crippen molar-refractivity contribution in [2.45, 2.75) is 12.0 Å². The second-order valence-corrected chi connectivity index (χ2v) is 5.09. The van der Waals surface area contributed by atoms with Gasteiger partial charge in [-0.15, -0.1) is 0 Å². The Morgan fingerprint density at radius 3 is 3.00 bits per heavy atom. The van der Waals surface area contributed by atoms with Gasteiger partial charge in [0.2, 0.25) is 0 Å². The average Bonchev–Trinajstić information content (AvgIpc) is 2.73. The van der Waals surface area contributed by atoms with Crippen molar-refractivity contribution in [2.24, 2.45) is 0 Å². The summed E-state index contributed by atoms with van der Waals surface area (Å²) in [6.45, 7) is 2.68. The first-order valence-electron chi connectivity index (χ1n) is 5.94. The van der Waals surface area contributed by atoms with E-state index in [2.05, 4.69) is 4.90 Å². The molecule has 0 radical (unpaired) electrons. The largest absolute Gasteiger partial charge is 0.384 e. The molecule has 3 nitrogen and oxygen atoms in total. The molecule has 1 aliphatic rings. The molecule has 1 atom stereocenters. The predicted octanol–water partition coefficient (Wildman–Crippen LogP) is 2.02. The summed E-state index contributed by atoms with van der Waals surface area (Å²) < 4.78 is 18.4. The number of methoxy groups -OCH3 is 1. The van der Waals surface area contributed by atoms with Gasteiger partial charge < -0.3 is 9.84 Å². The van der Waals surface area contributed by atoms with E-state index in [4.69, 9.17) is 16.3 Å². The molecule has 1 heterocycles. The number of benzene rings is 1. The highest BCUT2D eigenvalue weighted by molar-refractivity contribution is 6.30. The minimum atomic E-state index is -0.987. The maximum atomic E-state index is 13.4. The first-order chi connectivity index (χ1) is 8.55. The van der Waals surface area contributed by atoms with Crippen LogP contribution in [0.4, 0.5) is 4.39 Å². The van der Waals surface area contributed by atoms with E-state index in [0.717, 1.165) is 13.1 Å². The molecule has 0 bridgehead atoms. The summed E-state index contributed by atoms with van der Waals surface area (Å²) in [5, 5.41) is 10.6. The molecule has 0 amide bonds. The van der Waals surface area contributed by atoms with E-state index < -0.39 is 11.4 Å². The number of β-amino-alcohol motifs (C(OH)–C–C–N with tert-alkyl or cyclic N) is 1. The zero-order valence-corrected chi connectivity index (χ0v) is 11.1. The molecule has 18 heavy (non-hydrogen) atoms. The van der Waals surface area contributed by atoms with Gasteiger partial charge in [0.05, 0.1) is 11.6 Å². The van der Waals surface area contributed by atoms with Gasteiger partial charge >= 0.3 is 0 Å². The van der Waals surface area contributed by atoms with Crippen molar-refractivity contribution in [1.29, 1.82) is 0 Å². The minimum absolute atomic E-state index is 0.0802. The van der Waals surface area contributed by atoms with Crippen molar-refractivity contribution in [2.75, 3.05) is 33.4 Å². The molecule has 1 aromatic carbocycles. The lowest BCUT2D eigenvalue weighted by Gasteiger charge is -2.24. The summed E-state index contributed by atoms with van der Waals surface area (Å²) in [5.74, 6) is -0.488. The van der Waals surface area contributed by atoms with Crippen LogP contribution in [0.2, 0.25) is 5.02 Å². The lowest BCUT2D eigenvalue weighted by molar-refractivity contribution is 0.0425. The van der Waals surface area contributed by atoms with Crippen molar-refractivity contribution < 1.29 is 14.2 Å². The molecule has 1 unspecified atom stereocenters. The minimum Gasteiger partial charge on any atom is -0.384 e. The van der Waals surface area contributed by atoms with Gasteiger partial charge in [-0.05, 0) is 24.1 Å². The van der Waals surface area contributed by atoms with Crippen LogP contribution in [0.25, 0.3) is 0 Å². The molecule has 1 fully saturated rings. The Hall–Kier alpha value is -0.680. The van der Waals surface area contributed by atoms with E-state index in [0.29, 0.717) is 25.1 Å². The van der Waals surface area contributed by atoms with E-state index >= 15 is 0 Å². The average molecular weight is 274 g/mol. The first-order valence-corrected chi connectivity index (χ1v) is 6.32. The molecule has 0 spiro atoms. The zero-order chi connectivity index (χ0) is 13.2. The lowest BCUT2D eigenvalue weighted by Crippen LogP contribution is -2.32. The van der Waals surface area contributed by atoms with Crippen LogP contribution in [0.5, 0.6) is 0 Å². The Morgan fingerprint density at radius 1 is 1.56 bits per heavy atom. The molecule has 1 N–H and O–H groups in total. The highest BCUT2D eigenvalue weighted by Crippen LogP contribution is 2.33. The first kappa shape index (κ1) is 13.7. The number of nitrogens with zero attached hydrogens (tertiary/aromatic N) is 1. The molecule has 1 aromatic rings. The third-order valence-corrected chi connectivity index (χ3v) is 3.70. The van der Waals surface area contributed by atoms with Gasteiger partial charge in [0.1, 0.15) is 11.4 Å². The van der Waals surface area contributed by atoms with E-state index in [1.165, 1.54) is 12.1 Å². The van der Waals surface area contributed by atoms with Crippen molar-refractivity contribution in [3.05, 3.63) is 34.6 Å². The Labute approximate surface area is 111 Å².